The molecule has 1 aliphatic rings. The molecule has 5 nitrogen and oxygen atoms in total. The second-order valence-corrected chi connectivity index (χ2v) is 7.46. The predicted octanol–water partition coefficient (Wildman–Crippen LogP) is 4.48. The van der Waals surface area contributed by atoms with Crippen molar-refractivity contribution in [1.29, 1.82) is 0 Å². The lowest BCUT2D eigenvalue weighted by Crippen LogP contribution is -2.42. The second-order valence-electron chi connectivity index (χ2n) is 7.46. The average molecular weight is 378 g/mol. The Morgan fingerprint density at radius 2 is 1.86 bits per heavy atom. The minimum atomic E-state index is 0.0571. The highest BCUT2D eigenvalue weighted by Crippen LogP contribution is 2.28. The van der Waals surface area contributed by atoms with Gasteiger partial charge in [-0.15, -0.1) is 0 Å². The summed E-state index contributed by atoms with van der Waals surface area (Å²) in [5.41, 5.74) is 3.79. The fraction of sp³-hybridized carbons (Fsp3) is 0.348. The van der Waals surface area contributed by atoms with E-state index < -0.39 is 0 Å². The number of ether oxygens (including phenoxy) is 2. The number of methoxy groups -OCH3 is 1. The highest BCUT2D eigenvalue weighted by atomic mass is 16.5. The van der Waals surface area contributed by atoms with Crippen molar-refractivity contribution in [3.05, 3.63) is 59.3 Å². The molecule has 1 amide bonds. The number of amides is 1. The van der Waals surface area contributed by atoms with Gasteiger partial charge in [0, 0.05) is 36.8 Å². The minimum absolute atomic E-state index is 0.0571. The van der Waals surface area contributed by atoms with Crippen LogP contribution in [-0.4, -0.2) is 42.1 Å². The standard InChI is InChI=1S/C23H26N2O3/c1-15-5-4-6-19(13-15)28-17-9-11-25(12-10-17)23(26)22-16(2)20-14-18(27-3)7-8-21(20)24-22/h4-8,13-14,17,24H,9-12H2,1-3H3. The zero-order valence-corrected chi connectivity index (χ0v) is 16.6. The molecule has 146 valence electrons. The van der Waals surface area contributed by atoms with Crippen molar-refractivity contribution in [2.24, 2.45) is 0 Å². The molecule has 1 fully saturated rings. The molecule has 1 N–H and O–H groups in total. The van der Waals surface area contributed by atoms with Gasteiger partial charge in [-0.1, -0.05) is 12.1 Å². The first kappa shape index (κ1) is 18.4. The predicted molar refractivity (Wildman–Crippen MR) is 110 cm³/mol. The number of hydrogen-bond acceptors (Lipinski definition) is 3. The van der Waals surface area contributed by atoms with Gasteiger partial charge in [-0.2, -0.15) is 0 Å². The van der Waals surface area contributed by atoms with E-state index in [0.717, 1.165) is 40.8 Å². The van der Waals surface area contributed by atoms with E-state index in [4.69, 9.17) is 9.47 Å². The van der Waals surface area contributed by atoms with Crippen molar-refractivity contribution in [2.75, 3.05) is 20.2 Å². The number of rotatable bonds is 4. The Morgan fingerprint density at radius 1 is 1.07 bits per heavy atom. The average Bonchev–Trinajstić information content (AvgIpc) is 3.04. The zero-order chi connectivity index (χ0) is 19.7. The second kappa shape index (κ2) is 7.58. The van der Waals surface area contributed by atoms with Crippen molar-refractivity contribution >= 4 is 16.8 Å². The fourth-order valence-corrected chi connectivity index (χ4v) is 3.86. The topological polar surface area (TPSA) is 54.6 Å². The number of fused-ring (bicyclic) bond motifs is 1. The van der Waals surface area contributed by atoms with E-state index in [-0.39, 0.29) is 12.0 Å². The number of likely N-dealkylation sites (tertiary alicyclic amines) is 1. The lowest BCUT2D eigenvalue weighted by molar-refractivity contribution is 0.0590. The minimum Gasteiger partial charge on any atom is -0.497 e. The number of H-pyrrole nitrogens is 1. The van der Waals surface area contributed by atoms with Gasteiger partial charge in [-0.05, 0) is 55.3 Å². The summed E-state index contributed by atoms with van der Waals surface area (Å²) in [5.74, 6) is 1.76. The summed E-state index contributed by atoms with van der Waals surface area (Å²) in [6.45, 7) is 5.45. The molecule has 0 spiro atoms. The Hall–Kier alpha value is -2.95. The van der Waals surface area contributed by atoms with Crippen molar-refractivity contribution in [2.45, 2.75) is 32.8 Å². The molecule has 0 radical (unpaired) electrons. The number of aromatic amines is 1. The van der Waals surface area contributed by atoms with E-state index >= 15 is 0 Å². The van der Waals surface area contributed by atoms with Crippen molar-refractivity contribution in [3.63, 3.8) is 0 Å². The first-order chi connectivity index (χ1) is 13.5. The van der Waals surface area contributed by atoms with Crippen molar-refractivity contribution in [1.82, 2.24) is 9.88 Å². The summed E-state index contributed by atoms with van der Waals surface area (Å²) >= 11 is 0. The number of carbonyl (C=O) groups excluding carboxylic acids is 1. The number of aromatic nitrogens is 1. The van der Waals surface area contributed by atoms with Gasteiger partial charge < -0.3 is 19.4 Å². The molecule has 1 saturated heterocycles. The van der Waals surface area contributed by atoms with Crippen molar-refractivity contribution in [3.8, 4) is 11.5 Å². The van der Waals surface area contributed by atoms with Crippen LogP contribution in [0, 0.1) is 13.8 Å². The van der Waals surface area contributed by atoms with Crippen LogP contribution in [0.25, 0.3) is 10.9 Å². The number of hydrogen-bond donors (Lipinski definition) is 1. The SMILES string of the molecule is COc1ccc2[nH]c(C(=O)N3CCC(Oc4cccc(C)c4)CC3)c(C)c2c1. The maximum absolute atomic E-state index is 13.1. The molecule has 0 atom stereocenters. The van der Waals surface area contributed by atoms with Crippen LogP contribution in [0.4, 0.5) is 0 Å². The van der Waals surface area contributed by atoms with Gasteiger partial charge in [0.25, 0.3) is 5.91 Å². The molecular weight excluding hydrogens is 352 g/mol. The van der Waals surface area contributed by atoms with E-state index in [2.05, 4.69) is 24.0 Å². The van der Waals surface area contributed by atoms with Gasteiger partial charge in [0.1, 0.15) is 23.3 Å². The summed E-state index contributed by atoms with van der Waals surface area (Å²) in [4.78, 5) is 18.3. The zero-order valence-electron chi connectivity index (χ0n) is 16.6. The normalized spacial score (nSPS) is 15.0. The Labute approximate surface area is 165 Å². The number of carbonyl (C=O) groups is 1. The van der Waals surface area contributed by atoms with E-state index in [0.29, 0.717) is 18.8 Å². The van der Waals surface area contributed by atoms with Gasteiger partial charge in [-0.25, -0.2) is 0 Å². The molecular formula is C23H26N2O3. The largest absolute Gasteiger partial charge is 0.497 e. The van der Waals surface area contributed by atoms with E-state index in [1.807, 2.05) is 42.2 Å². The van der Waals surface area contributed by atoms with Gasteiger partial charge in [0.05, 0.1) is 7.11 Å². The van der Waals surface area contributed by atoms with E-state index in [1.54, 1.807) is 7.11 Å². The van der Waals surface area contributed by atoms with E-state index in [9.17, 15) is 4.79 Å². The molecule has 0 aliphatic carbocycles. The molecule has 1 aliphatic heterocycles. The van der Waals surface area contributed by atoms with Crippen LogP contribution in [-0.2, 0) is 0 Å². The van der Waals surface area contributed by atoms with Crippen LogP contribution >= 0.6 is 0 Å². The molecule has 5 heteroatoms. The molecule has 0 saturated carbocycles. The lowest BCUT2D eigenvalue weighted by Gasteiger charge is -2.32. The quantitative estimate of drug-likeness (QED) is 0.728. The molecule has 4 rings (SSSR count). The third-order valence-corrected chi connectivity index (χ3v) is 5.50. The van der Waals surface area contributed by atoms with Crippen LogP contribution in [0.15, 0.2) is 42.5 Å². The highest BCUT2D eigenvalue weighted by molar-refractivity contribution is 6.01. The molecule has 2 aromatic carbocycles. The van der Waals surface area contributed by atoms with Crippen LogP contribution in [0.1, 0.15) is 34.5 Å². The summed E-state index contributed by atoms with van der Waals surface area (Å²) in [7, 11) is 1.65. The highest BCUT2D eigenvalue weighted by Gasteiger charge is 2.27. The first-order valence-electron chi connectivity index (χ1n) is 9.74. The smallest absolute Gasteiger partial charge is 0.270 e. The van der Waals surface area contributed by atoms with Crippen LogP contribution in [0.2, 0.25) is 0 Å². The summed E-state index contributed by atoms with van der Waals surface area (Å²) < 4.78 is 11.4. The Morgan fingerprint density at radius 3 is 2.57 bits per heavy atom. The van der Waals surface area contributed by atoms with Crippen LogP contribution in [0.3, 0.4) is 0 Å². The molecule has 28 heavy (non-hydrogen) atoms. The number of piperidine rings is 1. The van der Waals surface area contributed by atoms with Gasteiger partial charge in [-0.3, -0.25) is 4.79 Å². The summed E-state index contributed by atoms with van der Waals surface area (Å²) in [5, 5.41) is 1.03. The Balaban J connectivity index is 1.44. The Bertz CT molecular complexity index is 1000. The van der Waals surface area contributed by atoms with Gasteiger partial charge in [0.15, 0.2) is 0 Å². The number of benzene rings is 2. The van der Waals surface area contributed by atoms with E-state index in [1.165, 1.54) is 5.56 Å². The number of nitrogens with one attached hydrogen (secondary N) is 1. The summed E-state index contributed by atoms with van der Waals surface area (Å²) in [6, 6.07) is 14.0. The molecule has 1 aromatic heterocycles. The number of aryl methyl sites for hydroxylation is 2. The third-order valence-electron chi connectivity index (χ3n) is 5.50. The Kier molecular flexibility index (Phi) is 4.99. The van der Waals surface area contributed by atoms with Crippen LogP contribution < -0.4 is 9.47 Å². The first-order valence-corrected chi connectivity index (χ1v) is 9.74. The maximum Gasteiger partial charge on any atom is 0.270 e. The molecule has 0 bridgehead atoms. The fourth-order valence-electron chi connectivity index (χ4n) is 3.86. The van der Waals surface area contributed by atoms with Gasteiger partial charge >= 0.3 is 0 Å². The van der Waals surface area contributed by atoms with Gasteiger partial charge in [0.2, 0.25) is 0 Å². The summed E-state index contributed by atoms with van der Waals surface area (Å²) in [6.07, 6.45) is 1.83. The molecule has 2 heterocycles. The molecule has 3 aromatic rings. The van der Waals surface area contributed by atoms with Crippen molar-refractivity contribution < 1.29 is 14.3 Å². The lowest BCUT2D eigenvalue weighted by atomic mass is 10.1. The third kappa shape index (κ3) is 3.57. The van der Waals surface area contributed by atoms with Crippen LogP contribution in [0.5, 0.6) is 11.5 Å². The number of nitrogens with zero attached hydrogens (tertiary/aromatic N) is 1. The molecule has 0 unspecified atom stereocenters. The monoisotopic (exact) mass is 378 g/mol. The maximum atomic E-state index is 13.1.